The summed E-state index contributed by atoms with van der Waals surface area (Å²) in [6.45, 7) is 11.4. The van der Waals surface area contributed by atoms with E-state index in [1.807, 2.05) is 6.07 Å². The number of hydrogen-bond acceptors (Lipinski definition) is 1. The van der Waals surface area contributed by atoms with Gasteiger partial charge in [-0.05, 0) is 42.0 Å². The molecule has 0 spiro atoms. The van der Waals surface area contributed by atoms with Crippen LogP contribution in [0.2, 0.25) is 0 Å². The van der Waals surface area contributed by atoms with Crippen molar-refractivity contribution in [1.29, 1.82) is 0 Å². The number of aromatic nitrogens is 1. The first-order chi connectivity index (χ1) is 9.75. The summed E-state index contributed by atoms with van der Waals surface area (Å²) in [5.41, 5.74) is 3.44. The molecule has 1 N–H and O–H groups in total. The number of rotatable bonds is 4. The highest BCUT2D eigenvalue weighted by atomic mass is 16.4. The number of carbonyl (C=O) groups is 1. The number of carboxylic acid groups (broad SMARTS) is 1. The smallest absolute Gasteiger partial charge is 0.337 e. The van der Waals surface area contributed by atoms with Crippen molar-refractivity contribution in [2.24, 2.45) is 0 Å². The van der Waals surface area contributed by atoms with Gasteiger partial charge in [0.15, 0.2) is 0 Å². The molecule has 21 heavy (non-hydrogen) atoms. The van der Waals surface area contributed by atoms with Crippen molar-refractivity contribution in [2.45, 2.75) is 59.4 Å². The lowest BCUT2D eigenvalue weighted by atomic mass is 9.85. The summed E-state index contributed by atoms with van der Waals surface area (Å²) in [5, 5.41) is 10.7. The first kappa shape index (κ1) is 15.6. The highest BCUT2D eigenvalue weighted by molar-refractivity contribution is 6.04. The predicted molar refractivity (Wildman–Crippen MR) is 87.2 cm³/mol. The summed E-state index contributed by atoms with van der Waals surface area (Å²) in [7, 11) is 0. The highest BCUT2D eigenvalue weighted by Gasteiger charge is 2.21. The van der Waals surface area contributed by atoms with Gasteiger partial charge >= 0.3 is 5.97 Å². The Balaban J connectivity index is 2.75. The van der Waals surface area contributed by atoms with Crippen LogP contribution < -0.4 is 0 Å². The lowest BCUT2D eigenvalue weighted by molar-refractivity contribution is 0.0698. The largest absolute Gasteiger partial charge is 0.478 e. The molecule has 0 unspecified atom stereocenters. The van der Waals surface area contributed by atoms with E-state index in [9.17, 15) is 9.90 Å². The molecule has 0 saturated carbocycles. The summed E-state index contributed by atoms with van der Waals surface area (Å²) in [6, 6.07) is 3.99. The Morgan fingerprint density at radius 2 is 1.95 bits per heavy atom. The lowest BCUT2D eigenvalue weighted by Gasteiger charge is -2.20. The summed E-state index contributed by atoms with van der Waals surface area (Å²) >= 11 is 0. The van der Waals surface area contributed by atoms with Gasteiger partial charge in [0, 0.05) is 18.1 Å². The van der Waals surface area contributed by atoms with Gasteiger partial charge in [-0.1, -0.05) is 34.1 Å². The molecular formula is C18H25NO2. The normalized spacial score (nSPS) is 12.0. The molecule has 0 aliphatic heterocycles. The zero-order chi connectivity index (χ0) is 15.8. The van der Waals surface area contributed by atoms with E-state index in [2.05, 4.69) is 51.4 Å². The van der Waals surface area contributed by atoms with E-state index in [0.29, 0.717) is 5.56 Å². The van der Waals surface area contributed by atoms with Crippen LogP contribution in [0.4, 0.5) is 0 Å². The second-order valence-corrected chi connectivity index (χ2v) is 6.83. The van der Waals surface area contributed by atoms with Crippen molar-refractivity contribution in [3.8, 4) is 0 Å². The van der Waals surface area contributed by atoms with E-state index in [1.165, 1.54) is 0 Å². The van der Waals surface area contributed by atoms with Crippen LogP contribution in [0.15, 0.2) is 18.3 Å². The number of nitrogens with zero attached hydrogens (tertiary/aromatic N) is 1. The Kier molecular flexibility index (Phi) is 4.13. The van der Waals surface area contributed by atoms with Gasteiger partial charge in [-0.2, -0.15) is 0 Å². The SMILES string of the molecule is CCCCn1cc(C)c2cc(C(C)(C)C)cc(C(=O)O)c21. The van der Waals surface area contributed by atoms with Crippen molar-refractivity contribution in [1.82, 2.24) is 4.57 Å². The Morgan fingerprint density at radius 1 is 1.29 bits per heavy atom. The molecule has 1 heterocycles. The number of benzene rings is 1. The van der Waals surface area contributed by atoms with Gasteiger partial charge in [0.1, 0.15) is 0 Å². The van der Waals surface area contributed by atoms with Crippen molar-refractivity contribution in [3.63, 3.8) is 0 Å². The minimum atomic E-state index is -0.845. The van der Waals surface area contributed by atoms with Gasteiger partial charge in [-0.15, -0.1) is 0 Å². The van der Waals surface area contributed by atoms with Gasteiger partial charge in [0.2, 0.25) is 0 Å². The van der Waals surface area contributed by atoms with E-state index in [1.54, 1.807) is 0 Å². The molecule has 1 aromatic carbocycles. The second-order valence-electron chi connectivity index (χ2n) is 6.83. The molecule has 3 heteroatoms. The average Bonchev–Trinajstić information content (AvgIpc) is 2.71. The summed E-state index contributed by atoms with van der Waals surface area (Å²) in [6.07, 6.45) is 4.24. The van der Waals surface area contributed by atoms with Gasteiger partial charge in [0.05, 0.1) is 11.1 Å². The lowest BCUT2D eigenvalue weighted by Crippen LogP contribution is -2.13. The van der Waals surface area contributed by atoms with Crippen LogP contribution in [-0.4, -0.2) is 15.6 Å². The third-order valence-electron chi connectivity index (χ3n) is 4.02. The molecule has 1 aromatic heterocycles. The topological polar surface area (TPSA) is 42.2 Å². The second kappa shape index (κ2) is 5.55. The van der Waals surface area contributed by atoms with Crippen LogP contribution in [0, 0.1) is 6.92 Å². The number of hydrogen-bond donors (Lipinski definition) is 1. The van der Waals surface area contributed by atoms with E-state index >= 15 is 0 Å². The third kappa shape index (κ3) is 2.97. The molecule has 0 saturated heterocycles. The fourth-order valence-corrected chi connectivity index (χ4v) is 2.71. The fraction of sp³-hybridized carbons (Fsp3) is 0.500. The zero-order valence-electron chi connectivity index (χ0n) is 13.7. The molecule has 3 nitrogen and oxygen atoms in total. The van der Waals surface area contributed by atoms with Gasteiger partial charge in [-0.25, -0.2) is 4.79 Å². The predicted octanol–water partition coefficient (Wildman–Crippen LogP) is 4.75. The Morgan fingerprint density at radius 3 is 2.48 bits per heavy atom. The van der Waals surface area contributed by atoms with Gasteiger partial charge in [0.25, 0.3) is 0 Å². The van der Waals surface area contributed by atoms with E-state index < -0.39 is 5.97 Å². The van der Waals surface area contributed by atoms with E-state index in [-0.39, 0.29) is 5.41 Å². The molecule has 0 aliphatic carbocycles. The molecule has 0 bridgehead atoms. The molecule has 0 radical (unpaired) electrons. The van der Waals surface area contributed by atoms with E-state index in [0.717, 1.165) is 41.4 Å². The average molecular weight is 287 g/mol. The number of unbranched alkanes of at least 4 members (excludes halogenated alkanes) is 1. The summed E-state index contributed by atoms with van der Waals surface area (Å²) in [5.74, 6) is -0.845. The maximum absolute atomic E-state index is 11.7. The Bertz CT molecular complexity index is 675. The molecule has 114 valence electrons. The van der Waals surface area contributed by atoms with Crippen LogP contribution in [0.25, 0.3) is 10.9 Å². The first-order valence-corrected chi connectivity index (χ1v) is 7.63. The van der Waals surface area contributed by atoms with Gasteiger partial charge < -0.3 is 9.67 Å². The number of aromatic carboxylic acids is 1. The molecule has 0 atom stereocenters. The Hall–Kier alpha value is -1.77. The van der Waals surface area contributed by atoms with Crippen molar-refractivity contribution >= 4 is 16.9 Å². The minimum Gasteiger partial charge on any atom is -0.478 e. The first-order valence-electron chi connectivity index (χ1n) is 7.63. The zero-order valence-corrected chi connectivity index (χ0v) is 13.7. The number of aryl methyl sites for hydroxylation is 2. The van der Waals surface area contributed by atoms with Crippen molar-refractivity contribution < 1.29 is 9.90 Å². The van der Waals surface area contributed by atoms with Crippen LogP contribution in [-0.2, 0) is 12.0 Å². The van der Waals surface area contributed by atoms with Crippen LogP contribution in [0.3, 0.4) is 0 Å². The Labute approximate surface area is 126 Å². The standard InChI is InChI=1S/C18H25NO2/c1-6-7-8-19-11-12(2)14-9-13(18(3,4)5)10-15(16(14)19)17(20)21/h9-11H,6-8H2,1-5H3,(H,20,21). The molecule has 2 rings (SSSR count). The molecule has 0 fully saturated rings. The highest BCUT2D eigenvalue weighted by Crippen LogP contribution is 2.32. The molecule has 0 amide bonds. The maximum Gasteiger partial charge on any atom is 0.337 e. The maximum atomic E-state index is 11.7. The fourth-order valence-electron chi connectivity index (χ4n) is 2.71. The monoisotopic (exact) mass is 287 g/mol. The van der Waals surface area contributed by atoms with E-state index in [4.69, 9.17) is 0 Å². The van der Waals surface area contributed by atoms with Crippen molar-refractivity contribution in [3.05, 3.63) is 35.0 Å². The molecular weight excluding hydrogens is 262 g/mol. The quantitative estimate of drug-likeness (QED) is 0.882. The molecule has 0 aliphatic rings. The summed E-state index contributed by atoms with van der Waals surface area (Å²) < 4.78 is 2.10. The van der Waals surface area contributed by atoms with Crippen LogP contribution >= 0.6 is 0 Å². The van der Waals surface area contributed by atoms with Crippen LogP contribution in [0.5, 0.6) is 0 Å². The van der Waals surface area contributed by atoms with Crippen LogP contribution in [0.1, 0.15) is 62.0 Å². The summed E-state index contributed by atoms with van der Waals surface area (Å²) in [4.78, 5) is 11.7. The van der Waals surface area contributed by atoms with Crippen molar-refractivity contribution in [2.75, 3.05) is 0 Å². The number of carboxylic acids is 1. The minimum absolute atomic E-state index is 0.0592. The molecule has 2 aromatic rings. The number of fused-ring (bicyclic) bond motifs is 1. The van der Waals surface area contributed by atoms with Gasteiger partial charge in [-0.3, -0.25) is 0 Å². The third-order valence-corrected chi connectivity index (χ3v) is 4.02.